The Morgan fingerprint density at radius 1 is 1.33 bits per heavy atom. The molecule has 0 fully saturated rings. The first kappa shape index (κ1) is 16.0. The lowest BCUT2D eigenvalue weighted by molar-refractivity contribution is 0.414. The van der Waals surface area contributed by atoms with Crippen LogP contribution in [0, 0.1) is 5.92 Å². The van der Waals surface area contributed by atoms with Gasteiger partial charge in [0.25, 0.3) is 0 Å². The van der Waals surface area contributed by atoms with Crippen molar-refractivity contribution < 1.29 is 0 Å². The lowest BCUT2D eigenvalue weighted by atomic mass is 10.0. The van der Waals surface area contributed by atoms with Crippen molar-refractivity contribution in [1.82, 2.24) is 5.32 Å². The Morgan fingerprint density at radius 2 is 2.00 bits per heavy atom. The van der Waals surface area contributed by atoms with Crippen LogP contribution in [0.4, 0.5) is 0 Å². The quantitative estimate of drug-likeness (QED) is 0.787. The van der Waals surface area contributed by atoms with Crippen molar-refractivity contribution in [3.05, 3.63) is 33.3 Å². The van der Waals surface area contributed by atoms with Crippen molar-refractivity contribution in [2.24, 2.45) is 11.7 Å². The van der Waals surface area contributed by atoms with E-state index in [1.54, 1.807) is 0 Å². The molecule has 0 aliphatic heterocycles. The van der Waals surface area contributed by atoms with Crippen LogP contribution < -0.4 is 11.1 Å². The summed E-state index contributed by atoms with van der Waals surface area (Å²) in [6, 6.07) is 6.08. The number of rotatable bonds is 7. The van der Waals surface area contributed by atoms with Crippen LogP contribution in [-0.4, -0.2) is 13.1 Å². The Labute approximate surface area is 123 Å². The maximum absolute atomic E-state index is 6.26. The predicted octanol–water partition coefficient (Wildman–Crippen LogP) is 4.13. The van der Waals surface area contributed by atoms with E-state index < -0.39 is 0 Å². The Bertz CT molecular complexity index is 367. The number of benzene rings is 1. The summed E-state index contributed by atoms with van der Waals surface area (Å²) in [5.74, 6) is 0.702. The molecule has 4 heteroatoms. The molecule has 0 saturated heterocycles. The summed E-state index contributed by atoms with van der Waals surface area (Å²) < 4.78 is 0.993. The molecule has 0 amide bonds. The van der Waals surface area contributed by atoms with E-state index >= 15 is 0 Å². The highest BCUT2D eigenvalue weighted by Gasteiger charge is 2.14. The number of hydrogen-bond donors (Lipinski definition) is 2. The third kappa shape index (κ3) is 4.54. The fraction of sp³-hybridized carbons (Fsp3) is 0.571. The van der Waals surface area contributed by atoms with E-state index in [1.165, 1.54) is 12.8 Å². The van der Waals surface area contributed by atoms with Crippen molar-refractivity contribution in [2.45, 2.75) is 32.7 Å². The first-order chi connectivity index (χ1) is 8.62. The van der Waals surface area contributed by atoms with E-state index in [2.05, 4.69) is 35.1 Å². The van der Waals surface area contributed by atoms with Crippen molar-refractivity contribution in [3.8, 4) is 0 Å². The highest BCUT2D eigenvalue weighted by molar-refractivity contribution is 9.10. The molecule has 102 valence electrons. The first-order valence-corrected chi connectivity index (χ1v) is 7.67. The fourth-order valence-corrected chi connectivity index (χ4v) is 2.80. The Kier molecular flexibility index (Phi) is 7.23. The molecule has 0 heterocycles. The van der Waals surface area contributed by atoms with Crippen LogP contribution >= 0.6 is 27.5 Å². The van der Waals surface area contributed by atoms with E-state index in [0.717, 1.165) is 21.6 Å². The second kappa shape index (κ2) is 8.16. The van der Waals surface area contributed by atoms with E-state index in [1.807, 2.05) is 18.2 Å². The van der Waals surface area contributed by atoms with Crippen molar-refractivity contribution in [2.75, 3.05) is 13.1 Å². The van der Waals surface area contributed by atoms with Gasteiger partial charge in [-0.25, -0.2) is 0 Å². The van der Waals surface area contributed by atoms with Gasteiger partial charge in [0, 0.05) is 22.1 Å². The molecule has 1 unspecified atom stereocenters. The van der Waals surface area contributed by atoms with Crippen molar-refractivity contribution >= 4 is 27.5 Å². The predicted molar refractivity (Wildman–Crippen MR) is 83.0 cm³/mol. The maximum Gasteiger partial charge on any atom is 0.0465 e. The Hall–Kier alpha value is -0.0900. The van der Waals surface area contributed by atoms with Crippen LogP contribution in [0.15, 0.2) is 22.7 Å². The standard InChI is InChI=1S/C14H22BrClN2/c1-3-10(4-2)9-18-14(8-17)12-6-5-11(15)7-13(12)16/h5-7,10,14,18H,3-4,8-9,17H2,1-2H3. The summed E-state index contributed by atoms with van der Waals surface area (Å²) in [7, 11) is 0. The zero-order valence-electron chi connectivity index (χ0n) is 11.0. The van der Waals surface area contributed by atoms with Crippen LogP contribution in [0.1, 0.15) is 38.3 Å². The summed E-state index contributed by atoms with van der Waals surface area (Å²) in [5, 5.41) is 4.28. The number of nitrogens with one attached hydrogen (secondary N) is 1. The third-order valence-corrected chi connectivity index (χ3v) is 4.20. The molecule has 3 N–H and O–H groups in total. The maximum atomic E-state index is 6.26. The van der Waals surface area contributed by atoms with Gasteiger partial charge in [-0.3, -0.25) is 0 Å². The van der Waals surface area contributed by atoms with Crippen LogP contribution in [-0.2, 0) is 0 Å². The van der Waals surface area contributed by atoms with E-state index in [9.17, 15) is 0 Å². The molecule has 1 atom stereocenters. The largest absolute Gasteiger partial charge is 0.329 e. The monoisotopic (exact) mass is 332 g/mol. The minimum absolute atomic E-state index is 0.131. The second-order valence-corrected chi connectivity index (χ2v) is 5.87. The van der Waals surface area contributed by atoms with Gasteiger partial charge >= 0.3 is 0 Å². The highest BCUT2D eigenvalue weighted by Crippen LogP contribution is 2.26. The molecule has 0 bridgehead atoms. The molecule has 0 radical (unpaired) electrons. The molecule has 0 aromatic heterocycles. The molecular weight excluding hydrogens is 312 g/mol. The van der Waals surface area contributed by atoms with Gasteiger partial charge in [0.1, 0.15) is 0 Å². The van der Waals surface area contributed by atoms with E-state index in [-0.39, 0.29) is 6.04 Å². The average molecular weight is 334 g/mol. The SMILES string of the molecule is CCC(CC)CNC(CN)c1ccc(Br)cc1Cl. The molecule has 0 aliphatic rings. The van der Waals surface area contributed by atoms with Crippen LogP contribution in [0.5, 0.6) is 0 Å². The summed E-state index contributed by atoms with van der Waals surface area (Å²) >= 11 is 9.68. The molecule has 0 saturated carbocycles. The molecule has 18 heavy (non-hydrogen) atoms. The summed E-state index contributed by atoms with van der Waals surface area (Å²) in [5.41, 5.74) is 6.93. The Balaban J connectivity index is 2.71. The van der Waals surface area contributed by atoms with Crippen LogP contribution in [0.25, 0.3) is 0 Å². The highest BCUT2D eigenvalue weighted by atomic mass is 79.9. The van der Waals surface area contributed by atoms with Gasteiger partial charge in [0.15, 0.2) is 0 Å². The second-order valence-electron chi connectivity index (χ2n) is 4.54. The van der Waals surface area contributed by atoms with Gasteiger partial charge < -0.3 is 11.1 Å². The van der Waals surface area contributed by atoms with Crippen LogP contribution in [0.2, 0.25) is 5.02 Å². The summed E-state index contributed by atoms with van der Waals surface area (Å²) in [4.78, 5) is 0. The summed E-state index contributed by atoms with van der Waals surface area (Å²) in [6.45, 7) is 5.99. The zero-order chi connectivity index (χ0) is 13.5. The molecule has 1 aromatic carbocycles. The van der Waals surface area contributed by atoms with Gasteiger partial charge in [0.05, 0.1) is 0 Å². The topological polar surface area (TPSA) is 38.0 Å². The van der Waals surface area contributed by atoms with Crippen molar-refractivity contribution in [1.29, 1.82) is 0 Å². The molecule has 2 nitrogen and oxygen atoms in total. The average Bonchev–Trinajstić information content (AvgIpc) is 2.36. The zero-order valence-corrected chi connectivity index (χ0v) is 13.4. The smallest absolute Gasteiger partial charge is 0.0465 e. The van der Waals surface area contributed by atoms with Gasteiger partial charge in [-0.1, -0.05) is 60.3 Å². The molecule has 1 rings (SSSR count). The minimum atomic E-state index is 0.131. The lowest BCUT2D eigenvalue weighted by Crippen LogP contribution is -2.32. The molecular formula is C14H22BrClN2. The van der Waals surface area contributed by atoms with Crippen molar-refractivity contribution in [3.63, 3.8) is 0 Å². The van der Waals surface area contributed by atoms with Gasteiger partial charge in [-0.15, -0.1) is 0 Å². The Morgan fingerprint density at radius 3 is 2.50 bits per heavy atom. The molecule has 1 aromatic rings. The van der Waals surface area contributed by atoms with E-state index in [0.29, 0.717) is 12.5 Å². The van der Waals surface area contributed by atoms with Gasteiger partial charge in [-0.05, 0) is 30.2 Å². The summed E-state index contributed by atoms with van der Waals surface area (Å²) in [6.07, 6.45) is 2.38. The molecule has 0 aliphatic carbocycles. The minimum Gasteiger partial charge on any atom is -0.329 e. The van der Waals surface area contributed by atoms with Crippen LogP contribution in [0.3, 0.4) is 0 Å². The number of hydrogen-bond acceptors (Lipinski definition) is 2. The fourth-order valence-electron chi connectivity index (χ4n) is 1.99. The number of halogens is 2. The number of nitrogens with two attached hydrogens (primary N) is 1. The normalized spacial score (nSPS) is 13.0. The van der Waals surface area contributed by atoms with E-state index in [4.69, 9.17) is 17.3 Å². The van der Waals surface area contributed by atoms with Gasteiger partial charge in [0.2, 0.25) is 0 Å². The van der Waals surface area contributed by atoms with Gasteiger partial charge in [-0.2, -0.15) is 0 Å². The first-order valence-electron chi connectivity index (χ1n) is 6.50. The molecule has 0 spiro atoms. The third-order valence-electron chi connectivity index (χ3n) is 3.38. The lowest BCUT2D eigenvalue weighted by Gasteiger charge is -2.22.